The van der Waals surface area contributed by atoms with Crippen LogP contribution in [0.5, 0.6) is 0 Å². The number of rotatable bonds is 14. The van der Waals surface area contributed by atoms with Crippen LogP contribution in [0.15, 0.2) is 72.4 Å². The minimum Gasteiger partial charge on any atom is -0.444 e. The number of carbonyl (C=O) groups is 3. The smallest absolute Gasteiger partial charge is 0.407 e. The van der Waals surface area contributed by atoms with Crippen molar-refractivity contribution in [3.05, 3.63) is 88.4 Å². The largest absolute Gasteiger partial charge is 0.444 e. The summed E-state index contributed by atoms with van der Waals surface area (Å²) >= 11 is 1.41. The third-order valence-corrected chi connectivity index (χ3v) is 7.44. The van der Waals surface area contributed by atoms with E-state index >= 15 is 0 Å². The Morgan fingerprint density at radius 2 is 1.66 bits per heavy atom. The van der Waals surface area contributed by atoms with Gasteiger partial charge in [0.05, 0.1) is 23.0 Å². The molecule has 220 valence electrons. The van der Waals surface area contributed by atoms with Gasteiger partial charge in [-0.1, -0.05) is 60.7 Å². The van der Waals surface area contributed by atoms with E-state index in [0.29, 0.717) is 19.3 Å². The zero-order valence-corrected chi connectivity index (χ0v) is 24.5. The maximum Gasteiger partial charge on any atom is 0.407 e. The van der Waals surface area contributed by atoms with Crippen molar-refractivity contribution < 1.29 is 24.2 Å². The Balaban J connectivity index is 1.71. The molecule has 0 radical (unpaired) electrons. The lowest BCUT2D eigenvalue weighted by molar-refractivity contribution is -0.124. The number of aromatic nitrogens is 1. The molecule has 4 N–H and O–H groups in total. The molecule has 0 saturated carbocycles. The van der Waals surface area contributed by atoms with Gasteiger partial charge in [-0.05, 0) is 44.2 Å². The molecule has 3 rings (SSSR count). The molecule has 0 aliphatic carbocycles. The van der Waals surface area contributed by atoms with E-state index in [4.69, 9.17) is 4.74 Å². The minimum atomic E-state index is -1.10. The van der Waals surface area contributed by atoms with E-state index in [2.05, 4.69) is 20.9 Å². The fourth-order valence-corrected chi connectivity index (χ4v) is 4.62. The fraction of sp³-hybridized carbons (Fsp3) is 0.400. The molecule has 0 fully saturated rings. The average Bonchev–Trinajstić information content (AvgIpc) is 3.51. The number of benzene rings is 2. The maximum atomic E-state index is 13.2. The SMILES string of the molecule is CC(C)N(C)C(=O)N[C@@H](CO)C(=O)N[C@@H](CCC(NC(=O)OCc1cncs1)c1ccccc1)Cc1ccccc1. The molecule has 3 aromatic rings. The summed E-state index contributed by atoms with van der Waals surface area (Å²) in [6, 6.07) is 17.0. The summed E-state index contributed by atoms with van der Waals surface area (Å²) in [4.78, 5) is 44.7. The number of nitrogens with zero attached hydrogens (tertiary/aromatic N) is 2. The first-order chi connectivity index (χ1) is 19.8. The Labute approximate surface area is 245 Å². The molecule has 1 unspecified atom stereocenters. The van der Waals surface area contributed by atoms with Gasteiger partial charge in [-0.2, -0.15) is 0 Å². The summed E-state index contributed by atoms with van der Waals surface area (Å²) in [5.74, 6) is -0.480. The quantitative estimate of drug-likeness (QED) is 0.227. The third kappa shape index (κ3) is 10.5. The van der Waals surface area contributed by atoms with Gasteiger partial charge in [0.25, 0.3) is 0 Å². The van der Waals surface area contributed by atoms with Crippen LogP contribution in [0, 0.1) is 0 Å². The molecule has 0 saturated heterocycles. The number of aliphatic hydroxyl groups excluding tert-OH is 1. The number of aliphatic hydroxyl groups is 1. The Bertz CT molecular complexity index is 1210. The van der Waals surface area contributed by atoms with E-state index in [0.717, 1.165) is 16.0 Å². The lowest BCUT2D eigenvalue weighted by atomic mass is 9.95. The number of urea groups is 1. The lowest BCUT2D eigenvalue weighted by Crippen LogP contribution is -2.55. The number of carbonyl (C=O) groups excluding carboxylic acids is 3. The van der Waals surface area contributed by atoms with Crippen molar-refractivity contribution in [3.63, 3.8) is 0 Å². The molecule has 10 nitrogen and oxygen atoms in total. The maximum absolute atomic E-state index is 13.2. The first-order valence-corrected chi connectivity index (χ1v) is 14.5. The van der Waals surface area contributed by atoms with Crippen LogP contribution in [0.25, 0.3) is 0 Å². The van der Waals surface area contributed by atoms with E-state index < -0.39 is 30.7 Å². The summed E-state index contributed by atoms with van der Waals surface area (Å²) in [7, 11) is 1.63. The van der Waals surface area contributed by atoms with Crippen LogP contribution in [0.1, 0.15) is 48.7 Å². The van der Waals surface area contributed by atoms with Crippen molar-refractivity contribution in [2.24, 2.45) is 0 Å². The van der Waals surface area contributed by atoms with Crippen molar-refractivity contribution in [1.82, 2.24) is 25.8 Å². The summed E-state index contributed by atoms with van der Waals surface area (Å²) in [5.41, 5.74) is 3.61. The van der Waals surface area contributed by atoms with Gasteiger partial charge >= 0.3 is 12.1 Å². The molecule has 0 aliphatic rings. The van der Waals surface area contributed by atoms with Gasteiger partial charge in [0.1, 0.15) is 12.6 Å². The topological polar surface area (TPSA) is 133 Å². The zero-order chi connectivity index (χ0) is 29.6. The van der Waals surface area contributed by atoms with Crippen LogP contribution in [0.2, 0.25) is 0 Å². The third-order valence-electron chi connectivity index (χ3n) is 6.69. The van der Waals surface area contributed by atoms with E-state index in [-0.39, 0.29) is 24.7 Å². The van der Waals surface area contributed by atoms with Gasteiger partial charge in [0.15, 0.2) is 0 Å². The second-order valence-electron chi connectivity index (χ2n) is 10.0. The van der Waals surface area contributed by atoms with Gasteiger partial charge in [-0.25, -0.2) is 9.59 Å². The van der Waals surface area contributed by atoms with Crippen LogP contribution in [0.4, 0.5) is 9.59 Å². The number of alkyl carbamates (subject to hydrolysis) is 1. The minimum absolute atomic E-state index is 0.0701. The predicted molar refractivity (Wildman–Crippen MR) is 158 cm³/mol. The predicted octanol–water partition coefficient (Wildman–Crippen LogP) is 4.03. The molecule has 3 atom stereocenters. The van der Waals surface area contributed by atoms with Crippen LogP contribution in [0.3, 0.4) is 0 Å². The van der Waals surface area contributed by atoms with Gasteiger partial charge < -0.3 is 30.7 Å². The van der Waals surface area contributed by atoms with Crippen molar-refractivity contribution in [2.45, 2.75) is 63.9 Å². The monoisotopic (exact) mass is 581 g/mol. The molecule has 2 aromatic carbocycles. The number of thiazole rings is 1. The lowest BCUT2D eigenvalue weighted by Gasteiger charge is -2.27. The first kappa shape index (κ1) is 31.6. The van der Waals surface area contributed by atoms with Gasteiger partial charge in [0, 0.05) is 25.3 Å². The molecular weight excluding hydrogens is 542 g/mol. The number of hydrogen-bond acceptors (Lipinski definition) is 7. The summed E-state index contributed by atoms with van der Waals surface area (Å²) in [6.07, 6.45) is 2.65. The van der Waals surface area contributed by atoms with Gasteiger partial charge in [-0.3, -0.25) is 9.78 Å². The molecule has 11 heteroatoms. The summed E-state index contributed by atoms with van der Waals surface area (Å²) in [6.45, 7) is 3.30. The molecule has 1 heterocycles. The highest BCUT2D eigenvalue weighted by atomic mass is 32.1. The van der Waals surface area contributed by atoms with Crippen molar-refractivity contribution >= 4 is 29.4 Å². The summed E-state index contributed by atoms with van der Waals surface area (Å²) < 4.78 is 5.40. The zero-order valence-electron chi connectivity index (χ0n) is 23.7. The second kappa shape index (κ2) is 16.3. The van der Waals surface area contributed by atoms with Crippen LogP contribution < -0.4 is 16.0 Å². The number of ether oxygens (including phenoxy) is 1. The van der Waals surface area contributed by atoms with Gasteiger partial charge in [-0.15, -0.1) is 11.3 Å². The fourth-order valence-electron chi connectivity index (χ4n) is 4.11. The normalized spacial score (nSPS) is 13.1. The Morgan fingerprint density at radius 1 is 0.976 bits per heavy atom. The number of amides is 4. The van der Waals surface area contributed by atoms with E-state index in [9.17, 15) is 19.5 Å². The summed E-state index contributed by atoms with van der Waals surface area (Å²) in [5, 5.41) is 18.5. The van der Waals surface area contributed by atoms with Crippen molar-refractivity contribution in [2.75, 3.05) is 13.7 Å². The Morgan fingerprint density at radius 3 is 2.27 bits per heavy atom. The van der Waals surface area contributed by atoms with E-state index in [1.165, 1.54) is 16.2 Å². The van der Waals surface area contributed by atoms with E-state index in [1.807, 2.05) is 74.5 Å². The highest BCUT2D eigenvalue weighted by Gasteiger charge is 2.26. The Hall–Kier alpha value is -3.96. The molecule has 1 aromatic heterocycles. The first-order valence-electron chi connectivity index (χ1n) is 13.6. The van der Waals surface area contributed by atoms with Gasteiger partial charge in [0.2, 0.25) is 5.91 Å². The van der Waals surface area contributed by atoms with Crippen LogP contribution in [-0.4, -0.2) is 64.8 Å². The molecule has 0 bridgehead atoms. The molecule has 41 heavy (non-hydrogen) atoms. The second-order valence-corrected chi connectivity index (χ2v) is 11.0. The molecule has 4 amide bonds. The van der Waals surface area contributed by atoms with Crippen LogP contribution in [-0.2, 0) is 22.6 Å². The van der Waals surface area contributed by atoms with Crippen molar-refractivity contribution in [1.29, 1.82) is 0 Å². The average molecular weight is 582 g/mol. The molecular formula is C30H39N5O5S. The Kier molecular flexibility index (Phi) is 12.6. The molecule has 0 spiro atoms. The number of hydrogen-bond donors (Lipinski definition) is 4. The van der Waals surface area contributed by atoms with Crippen molar-refractivity contribution in [3.8, 4) is 0 Å². The van der Waals surface area contributed by atoms with Crippen LogP contribution >= 0.6 is 11.3 Å². The standard InChI is InChI=1S/C30H39N5O5S/c1-21(2)35(3)29(38)33-27(18-36)28(37)32-24(16-22-10-6-4-7-11-22)14-15-26(23-12-8-5-9-13-23)34-30(39)40-19-25-17-31-20-41-25/h4-13,17,20-21,24,26-27,36H,14-16,18-19H2,1-3H3,(H,32,37)(H,33,38)(H,34,39)/t24-,26?,27-/m0/s1. The highest BCUT2D eigenvalue weighted by Crippen LogP contribution is 2.21. The number of nitrogens with one attached hydrogen (secondary N) is 3. The highest BCUT2D eigenvalue weighted by molar-refractivity contribution is 7.09. The van der Waals surface area contributed by atoms with E-state index in [1.54, 1.807) is 18.8 Å². The molecule has 0 aliphatic heterocycles.